The summed E-state index contributed by atoms with van der Waals surface area (Å²) in [5.41, 5.74) is 22.0. The lowest BCUT2D eigenvalue weighted by atomic mass is 10.0. The van der Waals surface area contributed by atoms with E-state index in [1.807, 2.05) is 27.7 Å². The van der Waals surface area contributed by atoms with Gasteiger partial charge >= 0.3 is 0 Å². The van der Waals surface area contributed by atoms with E-state index in [1.165, 1.54) is 20.8 Å². The average Bonchev–Trinajstić information content (AvgIpc) is 3.08. The Morgan fingerprint density at radius 3 is 1.21 bits per heavy atom. The molecule has 326 valence electrons. The summed E-state index contributed by atoms with van der Waals surface area (Å²) in [4.78, 5) is 116. The first-order chi connectivity index (χ1) is 26.4. The first kappa shape index (κ1) is 52.2. The molecule has 8 unspecified atom stereocenters. The topological polar surface area (TPSA) is 342 Å². The molecule has 20 heteroatoms. The van der Waals surface area contributed by atoms with Crippen LogP contribution in [-0.2, 0) is 43.2 Å². The molecule has 15 N–H and O–H groups in total. The Bertz CT molecular complexity index is 1390. The van der Waals surface area contributed by atoms with Gasteiger partial charge < -0.3 is 60.2 Å². The number of hydrogen-bond acceptors (Lipinski definition) is 11. The van der Waals surface area contributed by atoms with Crippen LogP contribution >= 0.6 is 0 Å². The highest BCUT2D eigenvalue weighted by Crippen LogP contribution is 2.11. The van der Waals surface area contributed by atoms with Gasteiger partial charge in [0.2, 0.25) is 53.2 Å². The fourth-order valence-corrected chi connectivity index (χ4v) is 5.50. The number of hydrogen-bond donors (Lipinski definition) is 11. The lowest BCUT2D eigenvalue weighted by Gasteiger charge is -2.28. The van der Waals surface area contributed by atoms with Crippen molar-refractivity contribution in [3.63, 3.8) is 0 Å². The van der Waals surface area contributed by atoms with E-state index in [0.29, 0.717) is 19.4 Å². The van der Waals surface area contributed by atoms with Crippen molar-refractivity contribution in [1.29, 1.82) is 0 Å². The van der Waals surface area contributed by atoms with Crippen LogP contribution in [0.5, 0.6) is 0 Å². The minimum atomic E-state index is -1.50. The van der Waals surface area contributed by atoms with Crippen molar-refractivity contribution in [2.45, 2.75) is 156 Å². The molecule has 0 aromatic carbocycles. The number of primary amides is 2. The first-order valence-electron chi connectivity index (χ1n) is 19.6. The van der Waals surface area contributed by atoms with E-state index in [4.69, 9.17) is 22.9 Å². The molecule has 0 heterocycles. The molecule has 0 saturated heterocycles. The molecule has 20 nitrogen and oxygen atoms in total. The second-order valence-corrected chi connectivity index (χ2v) is 15.8. The van der Waals surface area contributed by atoms with Gasteiger partial charge in [-0.1, -0.05) is 41.5 Å². The van der Waals surface area contributed by atoms with Gasteiger partial charge in [-0.15, -0.1) is 0 Å². The predicted octanol–water partition coefficient (Wildman–Crippen LogP) is -2.61. The molecule has 57 heavy (non-hydrogen) atoms. The van der Waals surface area contributed by atoms with E-state index in [9.17, 15) is 43.2 Å². The largest absolute Gasteiger partial charge is 0.370 e. The fraction of sp³-hybridized carbons (Fsp3) is 0.757. The number of unbranched alkanes of at least 4 members (excludes halogenated alkanes) is 1. The van der Waals surface area contributed by atoms with Crippen molar-refractivity contribution in [3.05, 3.63) is 0 Å². The van der Waals surface area contributed by atoms with Crippen LogP contribution in [-0.4, -0.2) is 108 Å². The fourth-order valence-electron chi connectivity index (χ4n) is 5.50. The maximum atomic E-state index is 13.8. The number of nitrogens with two attached hydrogens (primary N) is 4. The van der Waals surface area contributed by atoms with Crippen LogP contribution in [0.3, 0.4) is 0 Å². The summed E-state index contributed by atoms with van der Waals surface area (Å²) in [7, 11) is 0. The second-order valence-electron chi connectivity index (χ2n) is 15.8. The molecule has 0 bridgehead atoms. The minimum Gasteiger partial charge on any atom is -0.370 e. The third kappa shape index (κ3) is 21.3. The normalized spacial score (nSPS) is 15.5. The highest BCUT2D eigenvalue weighted by Gasteiger charge is 2.34. The lowest BCUT2D eigenvalue weighted by Crippen LogP contribution is -2.60. The van der Waals surface area contributed by atoms with Crippen LogP contribution in [0.1, 0.15) is 107 Å². The molecular formula is C37H69N11O9. The molecule has 0 radical (unpaired) electrons. The van der Waals surface area contributed by atoms with Crippen molar-refractivity contribution in [1.82, 2.24) is 37.2 Å². The highest BCUT2D eigenvalue weighted by atomic mass is 16.2. The van der Waals surface area contributed by atoms with E-state index in [2.05, 4.69) is 37.2 Å². The van der Waals surface area contributed by atoms with E-state index in [-0.39, 0.29) is 43.4 Å². The Balaban J connectivity index is 6.11. The summed E-state index contributed by atoms with van der Waals surface area (Å²) in [5, 5.41) is 17.8. The monoisotopic (exact) mass is 812 g/mol. The molecule has 0 aromatic heterocycles. The van der Waals surface area contributed by atoms with Crippen LogP contribution in [0.25, 0.3) is 0 Å². The molecule has 0 aliphatic carbocycles. The molecule has 0 aromatic rings. The Hall–Kier alpha value is -4.85. The third-order valence-corrected chi connectivity index (χ3v) is 8.58. The van der Waals surface area contributed by atoms with Crippen molar-refractivity contribution in [3.8, 4) is 0 Å². The second kappa shape index (κ2) is 26.1. The van der Waals surface area contributed by atoms with Gasteiger partial charge in [0.25, 0.3) is 0 Å². The Morgan fingerprint density at radius 2 is 0.789 bits per heavy atom. The van der Waals surface area contributed by atoms with Crippen LogP contribution in [0.4, 0.5) is 0 Å². The van der Waals surface area contributed by atoms with E-state index in [0.717, 1.165) is 0 Å². The summed E-state index contributed by atoms with van der Waals surface area (Å²) in [6, 6.07) is -9.13. The van der Waals surface area contributed by atoms with E-state index in [1.54, 1.807) is 13.8 Å². The van der Waals surface area contributed by atoms with Gasteiger partial charge in [0, 0.05) is 0 Å². The van der Waals surface area contributed by atoms with E-state index < -0.39 is 108 Å². The zero-order chi connectivity index (χ0) is 44.2. The number of amides is 9. The standard InChI is InChI=1S/C37H69N11O9/c1-18(2)14-25(30(41)50)45-37(57)28(17-29(40)49)48-36(56)27(16-20(5)6)47-34(54)24(12-10-11-13-38)44-32(52)23(9)43-35(55)26(15-19(3)4)46-33(53)22(8)42-31(51)21(7)39/h18-28H,10-17,38-39H2,1-9H3,(H2,40,49)(H2,41,50)(H,42,51)(H,43,55)(H,44,52)(H,45,57)(H,46,53)(H,47,54)(H,48,56). The van der Waals surface area contributed by atoms with Gasteiger partial charge in [-0.2, -0.15) is 0 Å². The van der Waals surface area contributed by atoms with Gasteiger partial charge in [-0.3, -0.25) is 43.2 Å². The SMILES string of the molecule is CC(C)CC(NC(=O)C(CC(N)=O)NC(=O)C(CC(C)C)NC(=O)C(CCCCN)NC(=O)C(C)NC(=O)C(CC(C)C)NC(=O)C(C)NC(=O)C(C)N)C(N)=O. The molecule has 0 fully saturated rings. The molecule has 9 amide bonds. The molecule has 0 saturated carbocycles. The number of carbonyl (C=O) groups excluding carboxylic acids is 9. The van der Waals surface area contributed by atoms with Gasteiger partial charge in [-0.05, 0) is 83.6 Å². The summed E-state index contributed by atoms with van der Waals surface area (Å²) in [6.45, 7) is 15.5. The summed E-state index contributed by atoms with van der Waals surface area (Å²) in [6.07, 6.45) is 0.914. The van der Waals surface area contributed by atoms with Gasteiger partial charge in [0.15, 0.2) is 0 Å². The van der Waals surface area contributed by atoms with Crippen LogP contribution in [0, 0.1) is 17.8 Å². The van der Waals surface area contributed by atoms with Crippen molar-refractivity contribution in [2.24, 2.45) is 40.7 Å². The summed E-state index contributed by atoms with van der Waals surface area (Å²) in [5.74, 6) is -7.00. The summed E-state index contributed by atoms with van der Waals surface area (Å²) >= 11 is 0. The number of carbonyl (C=O) groups is 9. The van der Waals surface area contributed by atoms with Gasteiger partial charge in [0.1, 0.15) is 42.3 Å². The quantitative estimate of drug-likeness (QED) is 0.0382. The summed E-state index contributed by atoms with van der Waals surface area (Å²) < 4.78 is 0. The predicted molar refractivity (Wildman–Crippen MR) is 213 cm³/mol. The molecule has 0 rings (SSSR count). The van der Waals surface area contributed by atoms with Crippen molar-refractivity contribution >= 4 is 53.2 Å². The zero-order valence-electron chi connectivity index (χ0n) is 35.0. The number of nitrogens with one attached hydrogen (secondary N) is 7. The van der Waals surface area contributed by atoms with Crippen LogP contribution in [0.2, 0.25) is 0 Å². The smallest absolute Gasteiger partial charge is 0.243 e. The van der Waals surface area contributed by atoms with Crippen LogP contribution in [0.15, 0.2) is 0 Å². The Labute approximate surface area is 336 Å². The van der Waals surface area contributed by atoms with E-state index >= 15 is 0 Å². The maximum Gasteiger partial charge on any atom is 0.243 e. The van der Waals surface area contributed by atoms with Gasteiger partial charge in [0.05, 0.1) is 12.5 Å². The molecular weight excluding hydrogens is 742 g/mol. The first-order valence-corrected chi connectivity index (χ1v) is 19.6. The Morgan fingerprint density at radius 1 is 0.439 bits per heavy atom. The molecule has 8 atom stereocenters. The highest BCUT2D eigenvalue weighted by molar-refractivity contribution is 5.98. The van der Waals surface area contributed by atoms with Crippen LogP contribution < -0.4 is 60.2 Å². The molecule has 0 aliphatic rings. The maximum absolute atomic E-state index is 13.8. The minimum absolute atomic E-state index is 0.0267. The molecule has 0 spiro atoms. The number of rotatable bonds is 27. The van der Waals surface area contributed by atoms with Crippen molar-refractivity contribution < 1.29 is 43.2 Å². The lowest BCUT2D eigenvalue weighted by molar-refractivity contribution is -0.136. The zero-order valence-corrected chi connectivity index (χ0v) is 35.0. The van der Waals surface area contributed by atoms with Crippen molar-refractivity contribution in [2.75, 3.05) is 6.54 Å². The Kier molecular flexibility index (Phi) is 23.9. The van der Waals surface area contributed by atoms with Gasteiger partial charge in [-0.25, -0.2) is 0 Å². The third-order valence-electron chi connectivity index (χ3n) is 8.58. The average molecular weight is 812 g/mol. The molecule has 0 aliphatic heterocycles.